The lowest BCUT2D eigenvalue weighted by Gasteiger charge is -2.25. The Labute approximate surface area is 120 Å². The quantitative estimate of drug-likeness (QED) is 0.593. The molecule has 0 aromatic heterocycles. The van der Waals surface area contributed by atoms with Crippen molar-refractivity contribution in [3.05, 3.63) is 23.8 Å². The Morgan fingerprint density at radius 2 is 2.00 bits per heavy atom. The molecule has 5 nitrogen and oxygen atoms in total. The number of nitrogen functional groups attached to an aromatic ring is 1. The van der Waals surface area contributed by atoms with E-state index in [1.54, 1.807) is 19.1 Å². The van der Waals surface area contributed by atoms with Gasteiger partial charge >= 0.3 is 5.97 Å². The fourth-order valence-corrected chi connectivity index (χ4v) is 1.81. The van der Waals surface area contributed by atoms with Crippen molar-refractivity contribution in [3.63, 3.8) is 0 Å². The topological polar surface area (TPSA) is 73.6 Å². The summed E-state index contributed by atoms with van der Waals surface area (Å²) in [7, 11) is 0. The van der Waals surface area contributed by atoms with E-state index in [1.807, 2.05) is 26.8 Å². The maximum absolute atomic E-state index is 11.8. The van der Waals surface area contributed by atoms with Crippen LogP contribution >= 0.6 is 0 Å². The number of esters is 1. The smallest absolute Gasteiger partial charge is 0.340 e. The Morgan fingerprint density at radius 3 is 2.60 bits per heavy atom. The minimum atomic E-state index is -0.405. The molecule has 20 heavy (non-hydrogen) atoms. The van der Waals surface area contributed by atoms with Crippen LogP contribution in [0.1, 0.15) is 38.1 Å². The molecule has 0 fully saturated rings. The van der Waals surface area contributed by atoms with Gasteiger partial charge in [0, 0.05) is 24.5 Å². The van der Waals surface area contributed by atoms with Crippen molar-refractivity contribution in [3.8, 4) is 0 Å². The van der Waals surface area contributed by atoms with E-state index in [0.29, 0.717) is 31.0 Å². The van der Waals surface area contributed by atoms with Gasteiger partial charge in [0.05, 0.1) is 17.8 Å². The van der Waals surface area contributed by atoms with Crippen LogP contribution in [0.25, 0.3) is 0 Å². The van der Waals surface area contributed by atoms with Crippen molar-refractivity contribution in [1.82, 2.24) is 0 Å². The molecule has 0 radical (unpaired) electrons. The van der Waals surface area contributed by atoms with E-state index in [-0.39, 0.29) is 5.60 Å². The molecule has 0 aliphatic carbocycles. The predicted molar refractivity (Wildman–Crippen MR) is 81.0 cm³/mol. The van der Waals surface area contributed by atoms with E-state index < -0.39 is 5.97 Å². The van der Waals surface area contributed by atoms with E-state index in [1.165, 1.54) is 0 Å². The van der Waals surface area contributed by atoms with E-state index in [0.717, 1.165) is 5.69 Å². The number of nitrogens with one attached hydrogen (secondary N) is 1. The molecule has 0 spiro atoms. The van der Waals surface area contributed by atoms with Crippen LogP contribution in [-0.4, -0.2) is 31.3 Å². The first kappa shape index (κ1) is 16.3. The van der Waals surface area contributed by atoms with Crippen molar-refractivity contribution in [2.75, 3.05) is 30.8 Å². The Balaban J connectivity index is 2.77. The summed E-state index contributed by atoms with van der Waals surface area (Å²) in [6.07, 6.45) is 0. The molecule has 0 heterocycles. The van der Waals surface area contributed by atoms with Crippen molar-refractivity contribution in [2.24, 2.45) is 0 Å². The molecule has 0 unspecified atom stereocenters. The minimum absolute atomic E-state index is 0.278. The highest BCUT2D eigenvalue weighted by atomic mass is 16.5. The highest BCUT2D eigenvalue weighted by Gasteiger charge is 2.18. The zero-order valence-electron chi connectivity index (χ0n) is 12.7. The predicted octanol–water partition coefficient (Wildman–Crippen LogP) is 2.67. The number of anilines is 2. The summed E-state index contributed by atoms with van der Waals surface area (Å²) in [5, 5.41) is 3.25. The van der Waals surface area contributed by atoms with Gasteiger partial charge in [0.25, 0.3) is 0 Å². The SMILES string of the molecule is CCOC(=O)c1cc(NCC(C)(C)OCC)ccc1N. The molecule has 1 aromatic rings. The van der Waals surface area contributed by atoms with Gasteiger partial charge in [-0.25, -0.2) is 4.79 Å². The van der Waals surface area contributed by atoms with Gasteiger partial charge in [-0.1, -0.05) is 0 Å². The largest absolute Gasteiger partial charge is 0.462 e. The monoisotopic (exact) mass is 280 g/mol. The zero-order chi connectivity index (χ0) is 15.2. The van der Waals surface area contributed by atoms with Crippen LogP contribution in [0.3, 0.4) is 0 Å². The van der Waals surface area contributed by atoms with Gasteiger partial charge < -0.3 is 20.5 Å². The molecule has 0 atom stereocenters. The van der Waals surface area contributed by atoms with Crippen molar-refractivity contribution in [2.45, 2.75) is 33.3 Å². The van der Waals surface area contributed by atoms with Crippen LogP contribution in [0, 0.1) is 0 Å². The first-order chi connectivity index (χ1) is 9.39. The standard InChI is InChI=1S/C15H24N2O3/c1-5-19-14(18)12-9-11(7-8-13(12)16)17-10-15(3,4)20-6-2/h7-9,17H,5-6,10,16H2,1-4H3. The first-order valence-corrected chi connectivity index (χ1v) is 6.84. The summed E-state index contributed by atoms with van der Waals surface area (Å²) >= 11 is 0. The number of benzene rings is 1. The van der Waals surface area contributed by atoms with E-state index in [4.69, 9.17) is 15.2 Å². The van der Waals surface area contributed by atoms with Crippen LogP contribution in [0.2, 0.25) is 0 Å². The van der Waals surface area contributed by atoms with Gasteiger partial charge in [0.15, 0.2) is 0 Å². The number of rotatable bonds is 7. The van der Waals surface area contributed by atoms with Gasteiger partial charge in [-0.3, -0.25) is 0 Å². The van der Waals surface area contributed by atoms with Crippen LogP contribution in [0.15, 0.2) is 18.2 Å². The van der Waals surface area contributed by atoms with E-state index >= 15 is 0 Å². The van der Waals surface area contributed by atoms with Crippen LogP contribution < -0.4 is 11.1 Å². The molecular weight excluding hydrogens is 256 g/mol. The Hall–Kier alpha value is -1.75. The lowest BCUT2D eigenvalue weighted by Crippen LogP contribution is -2.33. The third-order valence-corrected chi connectivity index (χ3v) is 2.80. The van der Waals surface area contributed by atoms with Gasteiger partial charge in [0.1, 0.15) is 0 Å². The molecule has 0 aliphatic heterocycles. The molecule has 0 aliphatic rings. The summed E-state index contributed by atoms with van der Waals surface area (Å²) < 4.78 is 10.6. The molecule has 1 aromatic carbocycles. The van der Waals surface area contributed by atoms with Gasteiger partial charge in [0.2, 0.25) is 0 Å². The van der Waals surface area contributed by atoms with Crippen molar-refractivity contribution in [1.29, 1.82) is 0 Å². The zero-order valence-corrected chi connectivity index (χ0v) is 12.7. The summed E-state index contributed by atoms with van der Waals surface area (Å²) in [5.41, 5.74) is 7.13. The maximum atomic E-state index is 11.8. The molecule has 0 saturated carbocycles. The second-order valence-corrected chi connectivity index (χ2v) is 5.07. The lowest BCUT2D eigenvalue weighted by molar-refractivity contribution is 0.000697. The van der Waals surface area contributed by atoms with Crippen LogP contribution in [-0.2, 0) is 9.47 Å². The number of hydrogen-bond acceptors (Lipinski definition) is 5. The summed E-state index contributed by atoms with van der Waals surface area (Å²) in [6, 6.07) is 5.23. The second kappa shape index (κ2) is 7.14. The number of carbonyl (C=O) groups excluding carboxylic acids is 1. The molecule has 0 amide bonds. The first-order valence-electron chi connectivity index (χ1n) is 6.84. The number of carbonyl (C=O) groups is 1. The molecule has 1 rings (SSSR count). The average Bonchev–Trinajstić information content (AvgIpc) is 2.38. The molecule has 3 N–H and O–H groups in total. The van der Waals surface area contributed by atoms with Gasteiger partial charge in [-0.15, -0.1) is 0 Å². The Bertz CT molecular complexity index is 458. The summed E-state index contributed by atoms with van der Waals surface area (Å²) in [5.74, 6) is -0.405. The van der Waals surface area contributed by atoms with Crippen molar-refractivity contribution >= 4 is 17.3 Å². The second-order valence-electron chi connectivity index (χ2n) is 5.07. The molecule has 0 saturated heterocycles. The Morgan fingerprint density at radius 1 is 1.30 bits per heavy atom. The maximum Gasteiger partial charge on any atom is 0.340 e. The van der Waals surface area contributed by atoms with Crippen LogP contribution in [0.4, 0.5) is 11.4 Å². The minimum Gasteiger partial charge on any atom is -0.462 e. The van der Waals surface area contributed by atoms with Gasteiger partial charge in [-0.05, 0) is 45.9 Å². The fourth-order valence-electron chi connectivity index (χ4n) is 1.81. The summed E-state index contributed by atoms with van der Waals surface area (Å²) in [6.45, 7) is 9.36. The van der Waals surface area contributed by atoms with Gasteiger partial charge in [-0.2, -0.15) is 0 Å². The fraction of sp³-hybridized carbons (Fsp3) is 0.533. The van der Waals surface area contributed by atoms with E-state index in [9.17, 15) is 4.79 Å². The lowest BCUT2D eigenvalue weighted by atomic mass is 10.1. The number of hydrogen-bond donors (Lipinski definition) is 2. The van der Waals surface area contributed by atoms with Crippen LogP contribution in [0.5, 0.6) is 0 Å². The van der Waals surface area contributed by atoms with E-state index in [2.05, 4.69) is 5.32 Å². The molecule has 5 heteroatoms. The van der Waals surface area contributed by atoms with Crippen molar-refractivity contribution < 1.29 is 14.3 Å². The third-order valence-electron chi connectivity index (χ3n) is 2.80. The Kier molecular flexibility index (Phi) is 5.82. The number of ether oxygens (including phenoxy) is 2. The highest BCUT2D eigenvalue weighted by molar-refractivity contribution is 5.96. The highest BCUT2D eigenvalue weighted by Crippen LogP contribution is 2.20. The molecular formula is C15H24N2O3. The molecule has 0 bridgehead atoms. The number of nitrogens with two attached hydrogens (primary N) is 1. The summed E-state index contributed by atoms with van der Waals surface area (Å²) in [4.78, 5) is 11.8. The average molecular weight is 280 g/mol. The normalized spacial score (nSPS) is 11.2. The third kappa shape index (κ3) is 4.74. The molecule has 112 valence electrons.